The Morgan fingerprint density at radius 1 is 1.13 bits per heavy atom. The Morgan fingerprint density at radius 3 is 2.93 bits per heavy atom. The van der Waals surface area contributed by atoms with Crippen molar-refractivity contribution in [2.24, 2.45) is 0 Å². The zero-order valence-electron chi connectivity index (χ0n) is 8.46. The zero-order chi connectivity index (χ0) is 10.3. The number of aryl methyl sites for hydroxylation is 2. The van der Waals surface area contributed by atoms with Crippen LogP contribution < -0.4 is 0 Å². The van der Waals surface area contributed by atoms with Gasteiger partial charge < -0.3 is 0 Å². The van der Waals surface area contributed by atoms with Crippen molar-refractivity contribution in [3.05, 3.63) is 41.3 Å². The highest BCUT2D eigenvalue weighted by Crippen LogP contribution is 2.27. The second-order valence-electron chi connectivity index (χ2n) is 4.13. The van der Waals surface area contributed by atoms with Gasteiger partial charge in [0.2, 0.25) is 0 Å². The molecule has 2 aromatic rings. The first-order chi connectivity index (χ1) is 7.34. The fourth-order valence-corrected chi connectivity index (χ4v) is 2.39. The van der Waals surface area contributed by atoms with Crippen LogP contribution in [0.2, 0.25) is 0 Å². The van der Waals surface area contributed by atoms with E-state index in [2.05, 4.69) is 4.98 Å². The second kappa shape index (κ2) is 3.30. The van der Waals surface area contributed by atoms with Gasteiger partial charge in [-0.3, -0.25) is 4.98 Å². The molecule has 3 rings (SSSR count). The molecule has 0 amide bonds. The van der Waals surface area contributed by atoms with Crippen LogP contribution in [0.3, 0.4) is 0 Å². The molecular formula is C13H12FN. The molecule has 76 valence electrons. The molecule has 15 heavy (non-hydrogen) atoms. The standard InChI is InChI=1S/C13H12FN/c14-10-5-6-12-11-4-2-1-3-9(11)8-15-13(12)7-10/h5-8H,1-4H2. The maximum absolute atomic E-state index is 13.0. The summed E-state index contributed by atoms with van der Waals surface area (Å²) in [6.45, 7) is 0. The summed E-state index contributed by atoms with van der Waals surface area (Å²) >= 11 is 0. The predicted octanol–water partition coefficient (Wildman–Crippen LogP) is 3.25. The molecule has 0 unspecified atom stereocenters. The van der Waals surface area contributed by atoms with Crippen molar-refractivity contribution in [3.8, 4) is 0 Å². The summed E-state index contributed by atoms with van der Waals surface area (Å²) in [5, 5.41) is 1.13. The number of nitrogens with zero attached hydrogens (tertiary/aromatic N) is 1. The molecule has 0 spiro atoms. The van der Waals surface area contributed by atoms with Gasteiger partial charge in [0.25, 0.3) is 0 Å². The third-order valence-corrected chi connectivity index (χ3v) is 3.15. The number of hydrogen-bond donors (Lipinski definition) is 0. The minimum absolute atomic E-state index is 0.203. The first-order valence-electron chi connectivity index (χ1n) is 5.40. The average Bonchev–Trinajstić information content (AvgIpc) is 2.28. The minimum Gasteiger partial charge on any atom is -0.256 e. The third-order valence-electron chi connectivity index (χ3n) is 3.15. The summed E-state index contributed by atoms with van der Waals surface area (Å²) < 4.78 is 13.0. The Morgan fingerprint density at radius 2 is 2.00 bits per heavy atom. The average molecular weight is 201 g/mol. The monoisotopic (exact) mass is 201 g/mol. The van der Waals surface area contributed by atoms with Crippen molar-refractivity contribution in [1.82, 2.24) is 4.98 Å². The molecule has 0 bridgehead atoms. The summed E-state index contributed by atoms with van der Waals surface area (Å²) in [6, 6.07) is 4.91. The predicted molar refractivity (Wildman–Crippen MR) is 58.3 cm³/mol. The van der Waals surface area contributed by atoms with E-state index in [9.17, 15) is 4.39 Å². The lowest BCUT2D eigenvalue weighted by atomic mass is 9.90. The molecule has 1 aromatic heterocycles. The smallest absolute Gasteiger partial charge is 0.125 e. The fraction of sp³-hybridized carbons (Fsp3) is 0.308. The van der Waals surface area contributed by atoms with E-state index in [0.717, 1.165) is 23.7 Å². The van der Waals surface area contributed by atoms with Crippen LogP contribution in [0.25, 0.3) is 10.9 Å². The second-order valence-corrected chi connectivity index (χ2v) is 4.13. The molecule has 0 saturated carbocycles. The SMILES string of the molecule is Fc1ccc2c3c(cnc2c1)CCCC3. The maximum atomic E-state index is 13.0. The van der Waals surface area contributed by atoms with E-state index in [1.807, 2.05) is 12.3 Å². The maximum Gasteiger partial charge on any atom is 0.125 e. The molecule has 2 heteroatoms. The number of aromatic nitrogens is 1. The Hall–Kier alpha value is -1.44. The van der Waals surface area contributed by atoms with Crippen molar-refractivity contribution in [2.45, 2.75) is 25.7 Å². The molecule has 0 radical (unpaired) electrons. The van der Waals surface area contributed by atoms with Crippen LogP contribution in [0.4, 0.5) is 4.39 Å². The molecule has 1 heterocycles. The van der Waals surface area contributed by atoms with E-state index in [1.54, 1.807) is 0 Å². The first-order valence-corrected chi connectivity index (χ1v) is 5.40. The van der Waals surface area contributed by atoms with E-state index < -0.39 is 0 Å². The minimum atomic E-state index is -0.203. The Kier molecular flexibility index (Phi) is 1.94. The van der Waals surface area contributed by atoms with Crippen LogP contribution in [0.1, 0.15) is 24.0 Å². The number of benzene rings is 1. The Balaban J connectivity index is 2.32. The largest absolute Gasteiger partial charge is 0.256 e. The van der Waals surface area contributed by atoms with Gasteiger partial charge >= 0.3 is 0 Å². The molecule has 1 aliphatic rings. The molecule has 0 N–H and O–H groups in total. The first kappa shape index (κ1) is 8.84. The Labute approximate surface area is 88.0 Å². The van der Waals surface area contributed by atoms with E-state index in [4.69, 9.17) is 0 Å². The highest BCUT2D eigenvalue weighted by atomic mass is 19.1. The quantitative estimate of drug-likeness (QED) is 0.637. The van der Waals surface area contributed by atoms with E-state index in [-0.39, 0.29) is 5.82 Å². The molecular weight excluding hydrogens is 189 g/mol. The lowest BCUT2D eigenvalue weighted by molar-refractivity contribution is 0.629. The van der Waals surface area contributed by atoms with Crippen molar-refractivity contribution in [2.75, 3.05) is 0 Å². The van der Waals surface area contributed by atoms with Crippen molar-refractivity contribution < 1.29 is 4.39 Å². The van der Waals surface area contributed by atoms with Gasteiger partial charge in [-0.15, -0.1) is 0 Å². The number of halogens is 1. The fourth-order valence-electron chi connectivity index (χ4n) is 2.39. The Bertz CT molecular complexity index is 519. The normalized spacial score (nSPS) is 15.3. The summed E-state index contributed by atoms with van der Waals surface area (Å²) in [4.78, 5) is 4.32. The van der Waals surface area contributed by atoms with Crippen LogP contribution in [0.15, 0.2) is 24.4 Å². The lowest BCUT2D eigenvalue weighted by Crippen LogP contribution is -2.04. The van der Waals surface area contributed by atoms with Crippen LogP contribution in [0.5, 0.6) is 0 Å². The van der Waals surface area contributed by atoms with E-state index >= 15 is 0 Å². The zero-order valence-corrected chi connectivity index (χ0v) is 8.46. The van der Waals surface area contributed by atoms with Crippen molar-refractivity contribution in [1.29, 1.82) is 0 Å². The summed E-state index contributed by atoms with van der Waals surface area (Å²) in [5.41, 5.74) is 3.52. The van der Waals surface area contributed by atoms with Crippen LogP contribution in [-0.2, 0) is 12.8 Å². The van der Waals surface area contributed by atoms with Crippen LogP contribution in [0, 0.1) is 5.82 Å². The van der Waals surface area contributed by atoms with Gasteiger partial charge in [0, 0.05) is 17.6 Å². The molecule has 0 fully saturated rings. The third kappa shape index (κ3) is 1.41. The van der Waals surface area contributed by atoms with Gasteiger partial charge in [0.05, 0.1) is 5.52 Å². The van der Waals surface area contributed by atoms with Crippen LogP contribution in [-0.4, -0.2) is 4.98 Å². The topological polar surface area (TPSA) is 12.9 Å². The van der Waals surface area contributed by atoms with Gasteiger partial charge in [0.1, 0.15) is 5.82 Å². The molecule has 0 saturated heterocycles. The number of pyridine rings is 1. The molecule has 1 aromatic carbocycles. The molecule has 0 aliphatic heterocycles. The molecule has 0 atom stereocenters. The number of hydrogen-bond acceptors (Lipinski definition) is 1. The summed E-state index contributed by atoms with van der Waals surface area (Å²) in [7, 11) is 0. The number of rotatable bonds is 0. The molecule has 1 aliphatic carbocycles. The summed E-state index contributed by atoms with van der Waals surface area (Å²) in [5.74, 6) is -0.203. The highest BCUT2D eigenvalue weighted by Gasteiger charge is 2.12. The highest BCUT2D eigenvalue weighted by molar-refractivity contribution is 5.83. The van der Waals surface area contributed by atoms with Gasteiger partial charge in [-0.05, 0) is 48.9 Å². The van der Waals surface area contributed by atoms with Crippen LogP contribution >= 0.6 is 0 Å². The van der Waals surface area contributed by atoms with Crippen molar-refractivity contribution in [3.63, 3.8) is 0 Å². The lowest BCUT2D eigenvalue weighted by Gasteiger charge is -2.16. The molecule has 1 nitrogen and oxygen atoms in total. The summed E-state index contributed by atoms with van der Waals surface area (Å²) in [6.07, 6.45) is 6.64. The van der Waals surface area contributed by atoms with E-state index in [1.165, 1.54) is 36.1 Å². The van der Waals surface area contributed by atoms with Gasteiger partial charge in [0.15, 0.2) is 0 Å². The number of fused-ring (bicyclic) bond motifs is 3. The van der Waals surface area contributed by atoms with Gasteiger partial charge in [-0.2, -0.15) is 0 Å². The van der Waals surface area contributed by atoms with Gasteiger partial charge in [-0.1, -0.05) is 0 Å². The van der Waals surface area contributed by atoms with E-state index in [0.29, 0.717) is 0 Å². The van der Waals surface area contributed by atoms with Crippen molar-refractivity contribution >= 4 is 10.9 Å². The van der Waals surface area contributed by atoms with Gasteiger partial charge in [-0.25, -0.2) is 4.39 Å².